The van der Waals surface area contributed by atoms with Crippen molar-refractivity contribution in [1.29, 1.82) is 0 Å². The lowest BCUT2D eigenvalue weighted by Crippen LogP contribution is -2.47. The van der Waals surface area contributed by atoms with E-state index >= 15 is 0 Å². The molecule has 0 aliphatic carbocycles. The maximum absolute atomic E-state index is 5.87. The number of fused-ring (bicyclic) bond motifs is 2. The summed E-state index contributed by atoms with van der Waals surface area (Å²) in [4.78, 5) is 10.7. The number of pyridine rings is 1. The lowest BCUT2D eigenvalue weighted by molar-refractivity contribution is 0.0992. The maximum atomic E-state index is 5.87. The Morgan fingerprint density at radius 3 is 2.82 bits per heavy atom. The molecule has 2 bridgehead atoms. The highest BCUT2D eigenvalue weighted by molar-refractivity contribution is 5.80. The Hall–Kier alpha value is -1.82. The number of hydrogen-bond donors (Lipinski definition) is 2. The quantitative estimate of drug-likeness (QED) is 0.645. The molecular formula is C16H25N5O. The molecule has 2 aliphatic rings. The third-order valence-corrected chi connectivity index (χ3v) is 4.38. The van der Waals surface area contributed by atoms with Gasteiger partial charge in [-0.25, -0.2) is 4.98 Å². The molecule has 0 aromatic carbocycles. The Morgan fingerprint density at radius 1 is 1.41 bits per heavy atom. The van der Waals surface area contributed by atoms with E-state index in [4.69, 9.17) is 4.74 Å². The predicted molar refractivity (Wildman–Crippen MR) is 88.2 cm³/mol. The van der Waals surface area contributed by atoms with Gasteiger partial charge in [0, 0.05) is 33.9 Å². The molecule has 120 valence electrons. The molecule has 0 amide bonds. The van der Waals surface area contributed by atoms with Crippen molar-refractivity contribution in [2.24, 2.45) is 4.99 Å². The molecule has 22 heavy (non-hydrogen) atoms. The summed E-state index contributed by atoms with van der Waals surface area (Å²) in [6.45, 7) is 0.710. The van der Waals surface area contributed by atoms with Gasteiger partial charge in [-0.1, -0.05) is 6.07 Å². The zero-order valence-corrected chi connectivity index (χ0v) is 13.5. The van der Waals surface area contributed by atoms with Crippen molar-refractivity contribution in [1.82, 2.24) is 15.6 Å². The van der Waals surface area contributed by atoms with Crippen LogP contribution in [0.1, 0.15) is 24.8 Å². The zero-order valence-electron chi connectivity index (χ0n) is 13.5. The van der Waals surface area contributed by atoms with Crippen LogP contribution in [0.5, 0.6) is 0 Å². The highest BCUT2D eigenvalue weighted by atomic mass is 16.5. The first kappa shape index (κ1) is 15.1. The highest BCUT2D eigenvalue weighted by Gasteiger charge is 2.41. The second-order valence-electron chi connectivity index (χ2n) is 6.21. The summed E-state index contributed by atoms with van der Waals surface area (Å²) < 4.78 is 5.87. The van der Waals surface area contributed by atoms with Crippen LogP contribution in [0.3, 0.4) is 0 Å². The van der Waals surface area contributed by atoms with E-state index < -0.39 is 0 Å². The molecule has 6 nitrogen and oxygen atoms in total. The van der Waals surface area contributed by atoms with Crippen molar-refractivity contribution in [3.8, 4) is 0 Å². The minimum Gasteiger partial charge on any atom is -0.373 e. The van der Waals surface area contributed by atoms with Gasteiger partial charge in [0.1, 0.15) is 5.82 Å². The van der Waals surface area contributed by atoms with Crippen molar-refractivity contribution in [3.05, 3.63) is 23.9 Å². The SMILES string of the molecule is CN=C(NCc1ccc(N(C)C)nc1)NC1CC2CCC1O2. The second kappa shape index (κ2) is 6.52. The first-order valence-electron chi connectivity index (χ1n) is 7.90. The highest BCUT2D eigenvalue weighted by Crippen LogP contribution is 2.34. The molecule has 0 saturated carbocycles. The Labute approximate surface area is 132 Å². The van der Waals surface area contributed by atoms with Crippen LogP contribution in [0.2, 0.25) is 0 Å². The molecule has 2 N–H and O–H groups in total. The minimum absolute atomic E-state index is 0.351. The topological polar surface area (TPSA) is 61.8 Å². The number of nitrogens with zero attached hydrogens (tertiary/aromatic N) is 3. The Kier molecular flexibility index (Phi) is 4.47. The smallest absolute Gasteiger partial charge is 0.191 e. The van der Waals surface area contributed by atoms with E-state index in [0.29, 0.717) is 24.8 Å². The van der Waals surface area contributed by atoms with Crippen LogP contribution in [-0.2, 0) is 11.3 Å². The van der Waals surface area contributed by atoms with Gasteiger partial charge < -0.3 is 20.3 Å². The van der Waals surface area contributed by atoms with Gasteiger partial charge in [-0.05, 0) is 30.9 Å². The average molecular weight is 303 g/mol. The van der Waals surface area contributed by atoms with Crippen LogP contribution in [-0.4, -0.2) is 50.3 Å². The number of nitrogens with one attached hydrogen (secondary N) is 2. The van der Waals surface area contributed by atoms with Crippen molar-refractivity contribution >= 4 is 11.8 Å². The molecule has 2 fully saturated rings. The van der Waals surface area contributed by atoms with Crippen molar-refractivity contribution in [3.63, 3.8) is 0 Å². The van der Waals surface area contributed by atoms with Gasteiger partial charge in [-0.2, -0.15) is 0 Å². The van der Waals surface area contributed by atoms with Crippen LogP contribution in [0.4, 0.5) is 5.82 Å². The summed E-state index contributed by atoms with van der Waals surface area (Å²) in [5.74, 6) is 1.79. The largest absolute Gasteiger partial charge is 0.373 e. The summed E-state index contributed by atoms with van der Waals surface area (Å²) in [7, 11) is 5.78. The molecule has 0 radical (unpaired) electrons. The van der Waals surface area contributed by atoms with Gasteiger partial charge in [0.25, 0.3) is 0 Å². The normalized spacial score (nSPS) is 27.0. The average Bonchev–Trinajstić information content (AvgIpc) is 3.14. The van der Waals surface area contributed by atoms with E-state index in [1.165, 1.54) is 6.42 Å². The number of ether oxygens (including phenoxy) is 1. The van der Waals surface area contributed by atoms with Crippen LogP contribution >= 0.6 is 0 Å². The number of guanidine groups is 1. The fourth-order valence-corrected chi connectivity index (χ4v) is 3.13. The first-order valence-corrected chi connectivity index (χ1v) is 7.90. The van der Waals surface area contributed by atoms with Crippen molar-refractivity contribution in [2.75, 3.05) is 26.0 Å². The van der Waals surface area contributed by atoms with Gasteiger partial charge in [0.05, 0.1) is 18.2 Å². The summed E-state index contributed by atoms with van der Waals surface area (Å²) in [5.41, 5.74) is 1.14. The molecule has 3 rings (SSSR count). The van der Waals surface area contributed by atoms with Gasteiger partial charge in [0.15, 0.2) is 5.96 Å². The molecule has 1 aromatic heterocycles. The van der Waals surface area contributed by atoms with Gasteiger partial charge in [-0.15, -0.1) is 0 Å². The molecule has 3 atom stereocenters. The number of anilines is 1. The number of rotatable bonds is 4. The van der Waals surface area contributed by atoms with Gasteiger partial charge in [0.2, 0.25) is 0 Å². The molecule has 6 heteroatoms. The first-order chi connectivity index (χ1) is 10.7. The molecule has 2 saturated heterocycles. The minimum atomic E-state index is 0.351. The van der Waals surface area contributed by atoms with Crippen LogP contribution < -0.4 is 15.5 Å². The second-order valence-corrected chi connectivity index (χ2v) is 6.21. The molecule has 0 spiro atoms. The Morgan fingerprint density at radius 2 is 2.27 bits per heavy atom. The van der Waals surface area contributed by atoms with Crippen molar-refractivity contribution in [2.45, 2.75) is 44.1 Å². The van der Waals surface area contributed by atoms with Gasteiger partial charge in [-0.3, -0.25) is 4.99 Å². The third kappa shape index (κ3) is 3.32. The fraction of sp³-hybridized carbons (Fsp3) is 0.625. The Balaban J connectivity index is 1.51. The summed E-state index contributed by atoms with van der Waals surface area (Å²) in [6.07, 6.45) is 6.15. The number of aromatic nitrogens is 1. The monoisotopic (exact) mass is 303 g/mol. The summed E-state index contributed by atoms with van der Waals surface area (Å²) in [5, 5.41) is 6.83. The van der Waals surface area contributed by atoms with E-state index in [2.05, 4.69) is 26.7 Å². The standard InChI is InChI=1S/C16H25N5O/c1-17-16(20-13-8-12-5-6-14(13)22-12)19-10-11-4-7-15(18-9-11)21(2)3/h4,7,9,12-14H,5-6,8,10H2,1-3H3,(H2,17,19,20). The van der Waals surface area contributed by atoms with Crippen molar-refractivity contribution < 1.29 is 4.74 Å². The van der Waals surface area contributed by atoms with Crippen LogP contribution in [0, 0.1) is 0 Å². The lowest BCUT2D eigenvalue weighted by atomic mass is 9.96. The number of hydrogen-bond acceptors (Lipinski definition) is 4. The Bertz CT molecular complexity index is 528. The van der Waals surface area contributed by atoms with Crippen LogP contribution in [0.25, 0.3) is 0 Å². The molecular weight excluding hydrogens is 278 g/mol. The summed E-state index contributed by atoms with van der Waals surface area (Å²) >= 11 is 0. The lowest BCUT2D eigenvalue weighted by Gasteiger charge is -2.22. The zero-order chi connectivity index (χ0) is 15.5. The number of aliphatic imine (C=N–C) groups is 1. The van der Waals surface area contributed by atoms with E-state index in [-0.39, 0.29) is 0 Å². The molecule has 2 aliphatic heterocycles. The van der Waals surface area contributed by atoms with E-state index in [9.17, 15) is 0 Å². The summed E-state index contributed by atoms with van der Waals surface area (Å²) in [6, 6.07) is 4.50. The van der Waals surface area contributed by atoms with E-state index in [0.717, 1.165) is 30.2 Å². The molecule has 1 aromatic rings. The molecule has 3 heterocycles. The molecule has 3 unspecified atom stereocenters. The van der Waals surface area contributed by atoms with E-state index in [1.54, 1.807) is 7.05 Å². The maximum Gasteiger partial charge on any atom is 0.191 e. The van der Waals surface area contributed by atoms with E-state index in [1.807, 2.05) is 31.3 Å². The van der Waals surface area contributed by atoms with Crippen LogP contribution in [0.15, 0.2) is 23.3 Å². The van der Waals surface area contributed by atoms with Gasteiger partial charge >= 0.3 is 0 Å². The third-order valence-electron chi connectivity index (χ3n) is 4.38. The predicted octanol–water partition coefficient (Wildman–Crippen LogP) is 1.13. The fourth-order valence-electron chi connectivity index (χ4n) is 3.13.